The van der Waals surface area contributed by atoms with E-state index in [1.165, 1.54) is 24.9 Å². The van der Waals surface area contributed by atoms with E-state index < -0.39 is 0 Å². The van der Waals surface area contributed by atoms with Gasteiger partial charge in [0.15, 0.2) is 0 Å². The van der Waals surface area contributed by atoms with Gasteiger partial charge in [0.25, 0.3) is 5.91 Å². The molecule has 1 aromatic rings. The summed E-state index contributed by atoms with van der Waals surface area (Å²) in [4.78, 5) is 15.7. The number of amides is 1. The van der Waals surface area contributed by atoms with Crippen molar-refractivity contribution in [3.63, 3.8) is 0 Å². The Hall–Kier alpha value is -1.62. The lowest BCUT2D eigenvalue weighted by molar-refractivity contribution is 0.0179. The minimum absolute atomic E-state index is 0.0764. The molecule has 0 unspecified atom stereocenters. The number of hydrogen-bond donors (Lipinski definition) is 2. The lowest BCUT2D eigenvalue weighted by Crippen LogP contribution is -2.45. The maximum atomic E-state index is 11.9. The molecule has 98 valence electrons. The highest BCUT2D eigenvalue weighted by molar-refractivity contribution is 5.96. The number of carbonyl (C=O) groups is 1. The van der Waals surface area contributed by atoms with Crippen molar-refractivity contribution in [2.75, 3.05) is 20.3 Å². The minimum Gasteiger partial charge on any atom is -0.505 e. The summed E-state index contributed by atoms with van der Waals surface area (Å²) in [6.07, 6.45) is 6.08. The van der Waals surface area contributed by atoms with E-state index in [9.17, 15) is 9.90 Å². The van der Waals surface area contributed by atoms with Crippen molar-refractivity contribution >= 4 is 5.91 Å². The largest absolute Gasteiger partial charge is 0.505 e. The van der Waals surface area contributed by atoms with Crippen LogP contribution >= 0.6 is 0 Å². The fourth-order valence-corrected chi connectivity index (χ4v) is 2.30. The van der Waals surface area contributed by atoms with Gasteiger partial charge in [0.2, 0.25) is 0 Å². The topological polar surface area (TPSA) is 71.5 Å². The molecule has 0 bridgehead atoms. The lowest BCUT2D eigenvalue weighted by Gasteiger charge is -2.41. The fraction of sp³-hybridized carbons (Fsp3) is 0.538. The number of nitrogens with one attached hydrogen (secondary N) is 1. The van der Waals surface area contributed by atoms with Gasteiger partial charge in [-0.1, -0.05) is 6.42 Å². The standard InChI is InChI=1S/C13H18N2O3/c1-18-9-13(4-2-5-13)8-15-12(17)10-3-6-14-7-11(10)16/h3,6-7,16H,2,4-5,8-9H2,1H3,(H,15,17). The minimum atomic E-state index is -0.266. The molecule has 0 radical (unpaired) electrons. The van der Waals surface area contributed by atoms with E-state index in [4.69, 9.17) is 4.74 Å². The van der Waals surface area contributed by atoms with Crippen molar-refractivity contribution in [3.8, 4) is 5.75 Å². The Morgan fingerprint density at radius 3 is 2.94 bits per heavy atom. The van der Waals surface area contributed by atoms with E-state index in [-0.39, 0.29) is 22.6 Å². The maximum Gasteiger partial charge on any atom is 0.255 e. The molecule has 0 aliphatic heterocycles. The van der Waals surface area contributed by atoms with Crippen LogP contribution in [0.25, 0.3) is 0 Å². The highest BCUT2D eigenvalue weighted by Gasteiger charge is 2.37. The second-order valence-corrected chi connectivity index (χ2v) is 4.86. The number of hydrogen-bond acceptors (Lipinski definition) is 4. The fourth-order valence-electron chi connectivity index (χ4n) is 2.30. The number of carbonyl (C=O) groups excluding carboxylic acids is 1. The summed E-state index contributed by atoms with van der Waals surface area (Å²) in [7, 11) is 1.68. The molecule has 5 heteroatoms. The quantitative estimate of drug-likeness (QED) is 0.827. The Morgan fingerprint density at radius 1 is 1.61 bits per heavy atom. The zero-order valence-electron chi connectivity index (χ0n) is 10.5. The number of methoxy groups -OCH3 is 1. The van der Waals surface area contributed by atoms with Gasteiger partial charge in [-0.05, 0) is 18.9 Å². The summed E-state index contributed by atoms with van der Waals surface area (Å²) in [6.45, 7) is 1.25. The van der Waals surface area contributed by atoms with E-state index in [1.54, 1.807) is 7.11 Å². The summed E-state index contributed by atoms with van der Waals surface area (Å²) in [5, 5.41) is 12.4. The molecule has 0 atom stereocenters. The molecule has 1 saturated carbocycles. The van der Waals surface area contributed by atoms with Crippen molar-refractivity contribution in [1.82, 2.24) is 10.3 Å². The summed E-state index contributed by atoms with van der Waals surface area (Å²) in [5.74, 6) is -0.360. The van der Waals surface area contributed by atoms with Crippen LogP contribution in [0.5, 0.6) is 5.75 Å². The highest BCUT2D eigenvalue weighted by atomic mass is 16.5. The van der Waals surface area contributed by atoms with Crippen LogP contribution in [0, 0.1) is 5.41 Å². The molecular weight excluding hydrogens is 232 g/mol. The van der Waals surface area contributed by atoms with Crippen LogP contribution in [0.2, 0.25) is 0 Å². The van der Waals surface area contributed by atoms with Gasteiger partial charge < -0.3 is 15.2 Å². The molecule has 2 N–H and O–H groups in total. The third-order valence-corrected chi connectivity index (χ3v) is 3.53. The molecule has 1 amide bonds. The van der Waals surface area contributed by atoms with Gasteiger partial charge in [-0.25, -0.2) is 0 Å². The van der Waals surface area contributed by atoms with Gasteiger partial charge in [-0.2, -0.15) is 0 Å². The third-order valence-electron chi connectivity index (χ3n) is 3.53. The zero-order valence-corrected chi connectivity index (χ0v) is 10.5. The van der Waals surface area contributed by atoms with E-state index >= 15 is 0 Å². The molecule has 1 heterocycles. The summed E-state index contributed by atoms with van der Waals surface area (Å²) in [5.41, 5.74) is 0.337. The maximum absolute atomic E-state index is 11.9. The van der Waals surface area contributed by atoms with E-state index in [0.29, 0.717) is 13.2 Å². The molecular formula is C13H18N2O3. The van der Waals surface area contributed by atoms with Gasteiger partial charge in [-0.15, -0.1) is 0 Å². The first-order chi connectivity index (χ1) is 8.67. The van der Waals surface area contributed by atoms with Crippen molar-refractivity contribution in [3.05, 3.63) is 24.0 Å². The Kier molecular flexibility index (Phi) is 3.81. The van der Waals surface area contributed by atoms with E-state index in [2.05, 4.69) is 10.3 Å². The number of rotatable bonds is 5. The van der Waals surface area contributed by atoms with E-state index in [1.807, 2.05) is 0 Å². The number of ether oxygens (including phenoxy) is 1. The SMILES string of the molecule is COCC1(CNC(=O)c2ccncc2O)CCC1. The van der Waals surface area contributed by atoms with Crippen LogP contribution in [0.1, 0.15) is 29.6 Å². The Balaban J connectivity index is 1.94. The van der Waals surface area contributed by atoms with Crippen molar-refractivity contribution in [2.45, 2.75) is 19.3 Å². The molecule has 2 rings (SSSR count). The molecule has 0 saturated heterocycles. The molecule has 1 aromatic heterocycles. The second kappa shape index (κ2) is 5.35. The number of aromatic nitrogens is 1. The first kappa shape index (κ1) is 12.8. The molecule has 1 aliphatic rings. The molecule has 5 nitrogen and oxygen atoms in total. The number of aromatic hydroxyl groups is 1. The molecule has 1 aliphatic carbocycles. The van der Waals surface area contributed by atoms with Gasteiger partial charge in [0, 0.05) is 25.3 Å². The van der Waals surface area contributed by atoms with E-state index in [0.717, 1.165) is 12.8 Å². The van der Waals surface area contributed by atoms with Gasteiger partial charge in [0.05, 0.1) is 18.4 Å². The number of nitrogens with zero attached hydrogens (tertiary/aromatic N) is 1. The van der Waals surface area contributed by atoms with Crippen LogP contribution in [0.15, 0.2) is 18.5 Å². The second-order valence-electron chi connectivity index (χ2n) is 4.86. The smallest absolute Gasteiger partial charge is 0.255 e. The van der Waals surface area contributed by atoms with Crippen LogP contribution in [0.4, 0.5) is 0 Å². The predicted molar refractivity (Wildman–Crippen MR) is 66.4 cm³/mol. The Morgan fingerprint density at radius 2 is 2.39 bits per heavy atom. The van der Waals surface area contributed by atoms with Crippen LogP contribution < -0.4 is 5.32 Å². The zero-order chi connectivity index (χ0) is 13.0. The first-order valence-electron chi connectivity index (χ1n) is 6.07. The third kappa shape index (κ3) is 2.61. The molecule has 0 spiro atoms. The van der Waals surface area contributed by atoms with Crippen molar-refractivity contribution in [2.24, 2.45) is 5.41 Å². The van der Waals surface area contributed by atoms with Crippen molar-refractivity contribution in [1.29, 1.82) is 0 Å². The van der Waals surface area contributed by atoms with Gasteiger partial charge in [-0.3, -0.25) is 9.78 Å². The van der Waals surface area contributed by atoms with Gasteiger partial charge >= 0.3 is 0 Å². The van der Waals surface area contributed by atoms with Crippen molar-refractivity contribution < 1.29 is 14.6 Å². The monoisotopic (exact) mass is 250 g/mol. The van der Waals surface area contributed by atoms with Crippen LogP contribution in [0.3, 0.4) is 0 Å². The molecule has 1 fully saturated rings. The summed E-state index contributed by atoms with van der Waals surface area (Å²) >= 11 is 0. The predicted octanol–water partition coefficient (Wildman–Crippen LogP) is 1.33. The average Bonchev–Trinajstić information content (AvgIpc) is 2.32. The molecule has 18 heavy (non-hydrogen) atoms. The Labute approximate surface area is 106 Å². The summed E-state index contributed by atoms with van der Waals surface area (Å²) in [6, 6.07) is 1.51. The lowest BCUT2D eigenvalue weighted by atomic mass is 9.69. The van der Waals surface area contributed by atoms with Crippen LogP contribution in [-0.2, 0) is 4.74 Å². The van der Waals surface area contributed by atoms with Crippen LogP contribution in [-0.4, -0.2) is 36.3 Å². The average molecular weight is 250 g/mol. The van der Waals surface area contributed by atoms with Gasteiger partial charge in [0.1, 0.15) is 5.75 Å². The molecule has 0 aromatic carbocycles. The number of pyridine rings is 1. The highest BCUT2D eigenvalue weighted by Crippen LogP contribution is 2.40. The Bertz CT molecular complexity index is 430. The first-order valence-corrected chi connectivity index (χ1v) is 6.07. The summed E-state index contributed by atoms with van der Waals surface area (Å²) < 4.78 is 5.20. The normalized spacial score (nSPS) is 16.9.